The molecule has 0 bridgehead atoms. The van der Waals surface area contributed by atoms with Gasteiger partial charge in [0.15, 0.2) is 5.78 Å². The Hall–Kier alpha value is -2.47. The number of nitrogens with zero attached hydrogens (tertiary/aromatic N) is 2. The van der Waals surface area contributed by atoms with Crippen molar-refractivity contribution in [1.82, 2.24) is 9.80 Å². The molecule has 0 saturated carbocycles. The lowest BCUT2D eigenvalue weighted by molar-refractivity contribution is 0.0719. The third-order valence-electron chi connectivity index (χ3n) is 4.35. The second-order valence-electron chi connectivity index (χ2n) is 6.09. The number of ketones is 1. The van der Waals surface area contributed by atoms with E-state index in [9.17, 15) is 14.4 Å². The first-order valence-corrected chi connectivity index (χ1v) is 9.22. The fourth-order valence-electron chi connectivity index (χ4n) is 2.95. The maximum Gasteiger partial charge on any atom is 0.254 e. The van der Waals surface area contributed by atoms with Crippen molar-refractivity contribution in [2.45, 2.75) is 13.3 Å². The lowest BCUT2D eigenvalue weighted by Gasteiger charge is -2.22. The topological polar surface area (TPSA) is 57.7 Å². The molecule has 1 aliphatic heterocycles. The molecule has 130 valence electrons. The molecule has 0 radical (unpaired) electrons. The van der Waals surface area contributed by atoms with Crippen LogP contribution in [0.1, 0.15) is 44.4 Å². The van der Waals surface area contributed by atoms with Gasteiger partial charge in [0.25, 0.3) is 11.8 Å². The van der Waals surface area contributed by atoms with Crippen LogP contribution in [-0.2, 0) is 0 Å². The summed E-state index contributed by atoms with van der Waals surface area (Å²) in [6.45, 7) is 3.76. The predicted molar refractivity (Wildman–Crippen MR) is 97.2 cm³/mol. The van der Waals surface area contributed by atoms with Gasteiger partial charge in [-0.2, -0.15) is 11.3 Å². The number of carbonyl (C=O) groups excluding carboxylic acids is 3. The lowest BCUT2D eigenvalue weighted by Crippen LogP contribution is -2.37. The summed E-state index contributed by atoms with van der Waals surface area (Å²) in [7, 11) is 0. The maximum absolute atomic E-state index is 12.7. The summed E-state index contributed by atoms with van der Waals surface area (Å²) in [6, 6.07) is 8.64. The van der Waals surface area contributed by atoms with Gasteiger partial charge in [0, 0.05) is 42.7 Å². The molecule has 0 atom stereocenters. The van der Waals surface area contributed by atoms with Crippen molar-refractivity contribution in [2.75, 3.05) is 26.2 Å². The highest BCUT2D eigenvalue weighted by Gasteiger charge is 2.24. The summed E-state index contributed by atoms with van der Waals surface area (Å²) < 4.78 is 0. The normalized spacial score (nSPS) is 14.9. The minimum absolute atomic E-state index is 0.0223. The van der Waals surface area contributed by atoms with Crippen LogP contribution < -0.4 is 0 Å². The highest BCUT2D eigenvalue weighted by Crippen LogP contribution is 2.15. The molecule has 2 heterocycles. The summed E-state index contributed by atoms with van der Waals surface area (Å²) in [5.41, 5.74) is 1.76. The van der Waals surface area contributed by atoms with Gasteiger partial charge in [0.05, 0.1) is 5.56 Å². The largest absolute Gasteiger partial charge is 0.337 e. The van der Waals surface area contributed by atoms with E-state index in [1.54, 1.807) is 34.1 Å². The number of Topliss-reactive ketones (excluding diaryl/α,β-unsaturated/α-hetero) is 1. The Bertz CT molecular complexity index is 786. The van der Waals surface area contributed by atoms with Crippen molar-refractivity contribution in [3.8, 4) is 0 Å². The van der Waals surface area contributed by atoms with Gasteiger partial charge in [0.2, 0.25) is 0 Å². The Morgan fingerprint density at radius 2 is 1.52 bits per heavy atom. The Kier molecular flexibility index (Phi) is 5.28. The van der Waals surface area contributed by atoms with Crippen LogP contribution in [-0.4, -0.2) is 53.6 Å². The van der Waals surface area contributed by atoms with Crippen molar-refractivity contribution in [1.29, 1.82) is 0 Å². The van der Waals surface area contributed by atoms with Crippen LogP contribution in [0.3, 0.4) is 0 Å². The van der Waals surface area contributed by atoms with E-state index in [0.29, 0.717) is 42.9 Å². The monoisotopic (exact) mass is 356 g/mol. The molecule has 1 aromatic carbocycles. The first kappa shape index (κ1) is 17.4. The van der Waals surface area contributed by atoms with E-state index in [0.717, 1.165) is 6.42 Å². The molecule has 2 amide bonds. The molecule has 0 unspecified atom stereocenters. The number of carbonyl (C=O) groups is 3. The zero-order valence-corrected chi connectivity index (χ0v) is 14.9. The predicted octanol–water partition coefficient (Wildman–Crippen LogP) is 2.94. The van der Waals surface area contributed by atoms with Crippen LogP contribution in [0.15, 0.2) is 41.1 Å². The SMILES string of the molecule is CC(=O)c1cccc(C(=O)N2CCCN(C(=O)c3ccsc3)CC2)c1. The van der Waals surface area contributed by atoms with Crippen molar-refractivity contribution in [3.63, 3.8) is 0 Å². The second kappa shape index (κ2) is 7.61. The van der Waals surface area contributed by atoms with Crippen LogP contribution in [0, 0.1) is 0 Å². The summed E-state index contributed by atoms with van der Waals surface area (Å²) in [5.74, 6) is -0.125. The van der Waals surface area contributed by atoms with E-state index >= 15 is 0 Å². The average molecular weight is 356 g/mol. The molecule has 2 aromatic rings. The highest BCUT2D eigenvalue weighted by molar-refractivity contribution is 7.08. The van der Waals surface area contributed by atoms with Crippen LogP contribution >= 0.6 is 11.3 Å². The molecule has 1 fully saturated rings. The molecular weight excluding hydrogens is 336 g/mol. The lowest BCUT2D eigenvalue weighted by atomic mass is 10.1. The van der Waals surface area contributed by atoms with Gasteiger partial charge >= 0.3 is 0 Å². The Labute approximate surface area is 150 Å². The average Bonchev–Trinajstić information content (AvgIpc) is 3.05. The van der Waals surface area contributed by atoms with Crippen molar-refractivity contribution in [3.05, 3.63) is 57.8 Å². The van der Waals surface area contributed by atoms with E-state index in [-0.39, 0.29) is 17.6 Å². The van der Waals surface area contributed by atoms with Crippen LogP contribution in [0.4, 0.5) is 0 Å². The molecule has 1 saturated heterocycles. The number of amides is 2. The summed E-state index contributed by atoms with van der Waals surface area (Å²) in [6.07, 6.45) is 0.744. The van der Waals surface area contributed by atoms with Crippen molar-refractivity contribution < 1.29 is 14.4 Å². The van der Waals surface area contributed by atoms with Gasteiger partial charge in [-0.3, -0.25) is 14.4 Å². The summed E-state index contributed by atoms with van der Waals surface area (Å²) in [4.78, 5) is 40.3. The van der Waals surface area contributed by atoms with E-state index in [1.807, 2.05) is 16.8 Å². The molecule has 0 spiro atoms. The summed E-state index contributed by atoms with van der Waals surface area (Å²) >= 11 is 1.50. The van der Waals surface area contributed by atoms with Gasteiger partial charge < -0.3 is 9.80 Å². The molecule has 3 rings (SSSR count). The van der Waals surface area contributed by atoms with E-state index in [2.05, 4.69) is 0 Å². The molecule has 0 N–H and O–H groups in total. The van der Waals surface area contributed by atoms with Gasteiger partial charge in [-0.05, 0) is 36.9 Å². The quantitative estimate of drug-likeness (QED) is 0.795. The minimum Gasteiger partial charge on any atom is -0.337 e. The van der Waals surface area contributed by atoms with E-state index < -0.39 is 0 Å². The molecule has 1 aromatic heterocycles. The summed E-state index contributed by atoms with van der Waals surface area (Å²) in [5, 5.41) is 3.74. The van der Waals surface area contributed by atoms with Gasteiger partial charge in [0.1, 0.15) is 0 Å². The number of hydrogen-bond donors (Lipinski definition) is 0. The second-order valence-corrected chi connectivity index (χ2v) is 6.87. The molecular formula is C19H20N2O3S. The number of rotatable bonds is 3. The third kappa shape index (κ3) is 3.96. The fraction of sp³-hybridized carbons (Fsp3) is 0.316. The zero-order valence-electron chi connectivity index (χ0n) is 14.1. The van der Waals surface area contributed by atoms with Gasteiger partial charge in [-0.1, -0.05) is 12.1 Å². The molecule has 6 heteroatoms. The molecule has 25 heavy (non-hydrogen) atoms. The highest BCUT2D eigenvalue weighted by atomic mass is 32.1. The van der Waals surface area contributed by atoms with Crippen LogP contribution in [0.2, 0.25) is 0 Å². The number of benzene rings is 1. The van der Waals surface area contributed by atoms with E-state index in [4.69, 9.17) is 0 Å². The smallest absolute Gasteiger partial charge is 0.254 e. The standard InChI is InChI=1S/C19H20N2O3S/c1-14(22)15-4-2-5-16(12-15)18(23)20-7-3-8-21(10-9-20)19(24)17-6-11-25-13-17/h2,4-6,11-13H,3,7-10H2,1H3. The van der Waals surface area contributed by atoms with Gasteiger partial charge in [-0.25, -0.2) is 0 Å². The fourth-order valence-corrected chi connectivity index (χ4v) is 3.58. The minimum atomic E-state index is -0.0899. The number of thiophene rings is 1. The van der Waals surface area contributed by atoms with Crippen LogP contribution in [0.5, 0.6) is 0 Å². The maximum atomic E-state index is 12.7. The molecule has 0 aliphatic carbocycles. The first-order valence-electron chi connectivity index (χ1n) is 8.28. The third-order valence-corrected chi connectivity index (χ3v) is 5.04. The Morgan fingerprint density at radius 3 is 2.12 bits per heavy atom. The van der Waals surface area contributed by atoms with Crippen LogP contribution in [0.25, 0.3) is 0 Å². The Balaban J connectivity index is 1.68. The molecule has 5 nitrogen and oxygen atoms in total. The Morgan fingerprint density at radius 1 is 0.880 bits per heavy atom. The number of hydrogen-bond acceptors (Lipinski definition) is 4. The van der Waals surface area contributed by atoms with Crippen molar-refractivity contribution >= 4 is 28.9 Å². The zero-order chi connectivity index (χ0) is 17.8. The molecule has 1 aliphatic rings. The first-order chi connectivity index (χ1) is 12.1. The van der Waals surface area contributed by atoms with E-state index in [1.165, 1.54) is 18.3 Å². The van der Waals surface area contributed by atoms with Gasteiger partial charge in [-0.15, -0.1) is 0 Å². The van der Waals surface area contributed by atoms with Crippen molar-refractivity contribution in [2.24, 2.45) is 0 Å².